The molecule has 0 radical (unpaired) electrons. The molecule has 2 bridgehead atoms. The molecule has 1 saturated carbocycles. The van der Waals surface area contributed by atoms with E-state index < -0.39 is 24.3 Å². The Kier molecular flexibility index (Phi) is 11.0. The van der Waals surface area contributed by atoms with E-state index in [1.54, 1.807) is 11.1 Å². The van der Waals surface area contributed by atoms with Gasteiger partial charge in [-0.15, -0.1) is 0 Å². The number of aromatic amines is 2. The molecule has 2 saturated heterocycles. The fourth-order valence-corrected chi connectivity index (χ4v) is 9.69. The number of carbonyl (C=O) groups is 4. The minimum Gasteiger partial charge on any atom is -0.453 e. The Hall–Kier alpha value is -5.63. The molecule has 310 valence electrons. The van der Waals surface area contributed by atoms with Crippen LogP contribution < -0.4 is 10.6 Å². The van der Waals surface area contributed by atoms with Gasteiger partial charge < -0.3 is 39.9 Å². The highest BCUT2D eigenvalue weighted by Gasteiger charge is 2.51. The van der Waals surface area contributed by atoms with Crippen molar-refractivity contribution < 1.29 is 28.7 Å². The van der Waals surface area contributed by atoms with E-state index >= 15 is 0 Å². The Labute approximate surface area is 347 Å². The van der Waals surface area contributed by atoms with Crippen LogP contribution in [0.2, 0.25) is 5.02 Å². The average Bonchev–Trinajstić information content (AvgIpc) is 4.08. The number of ether oxygens (including phenoxy) is 2. The van der Waals surface area contributed by atoms with Crippen molar-refractivity contribution >= 4 is 57.4 Å². The molecule has 15 heteroatoms. The zero-order valence-corrected chi connectivity index (χ0v) is 34.9. The van der Waals surface area contributed by atoms with Crippen molar-refractivity contribution in [3.8, 4) is 22.4 Å². The summed E-state index contributed by atoms with van der Waals surface area (Å²) in [7, 11) is 2.59. The van der Waals surface area contributed by atoms with Gasteiger partial charge in [-0.1, -0.05) is 69.6 Å². The Morgan fingerprint density at radius 1 is 0.831 bits per heavy atom. The van der Waals surface area contributed by atoms with Crippen LogP contribution in [-0.4, -0.2) is 92.6 Å². The molecule has 4 N–H and O–H groups in total. The van der Waals surface area contributed by atoms with Crippen LogP contribution in [0.1, 0.15) is 83.5 Å². The molecule has 1 unspecified atom stereocenters. The summed E-state index contributed by atoms with van der Waals surface area (Å²) in [5.41, 5.74) is 5.22. The van der Waals surface area contributed by atoms with Crippen molar-refractivity contribution in [3.05, 3.63) is 71.4 Å². The quantitative estimate of drug-likeness (QED) is 0.110. The molecule has 4 amide bonds. The maximum absolute atomic E-state index is 14.1. The molecule has 8 rings (SSSR count). The molecule has 0 spiro atoms. The first kappa shape index (κ1) is 40.2. The summed E-state index contributed by atoms with van der Waals surface area (Å²) >= 11 is 6.96. The van der Waals surface area contributed by atoms with Gasteiger partial charge in [0.2, 0.25) is 11.8 Å². The molecule has 2 aromatic heterocycles. The van der Waals surface area contributed by atoms with Gasteiger partial charge in [-0.2, -0.15) is 0 Å². The van der Waals surface area contributed by atoms with Crippen LogP contribution in [-0.2, 0) is 19.1 Å². The highest BCUT2D eigenvalue weighted by molar-refractivity contribution is 6.33. The van der Waals surface area contributed by atoms with Crippen LogP contribution in [0.15, 0.2) is 54.7 Å². The molecule has 2 aliphatic heterocycles. The van der Waals surface area contributed by atoms with Crippen LogP contribution in [0.25, 0.3) is 44.2 Å². The molecular weight excluding hydrogens is 772 g/mol. The van der Waals surface area contributed by atoms with Gasteiger partial charge in [0.1, 0.15) is 23.7 Å². The van der Waals surface area contributed by atoms with Crippen molar-refractivity contribution in [1.29, 1.82) is 0 Å². The van der Waals surface area contributed by atoms with Gasteiger partial charge in [0.15, 0.2) is 0 Å². The number of imidazole rings is 2. The number of likely N-dealkylation sites (tertiary alicyclic amines) is 2. The molecule has 5 aromatic rings. The molecule has 3 aliphatic rings. The lowest BCUT2D eigenvalue weighted by Gasteiger charge is -2.37. The maximum Gasteiger partial charge on any atom is 0.407 e. The molecule has 59 heavy (non-hydrogen) atoms. The number of alkyl carbamates (subject to hydrolysis) is 2. The summed E-state index contributed by atoms with van der Waals surface area (Å²) in [6.07, 6.45) is 4.94. The number of rotatable bonds is 10. The number of benzene rings is 3. The smallest absolute Gasteiger partial charge is 0.407 e. The van der Waals surface area contributed by atoms with Crippen LogP contribution in [0.3, 0.4) is 0 Å². The first-order valence-corrected chi connectivity index (χ1v) is 20.8. The van der Waals surface area contributed by atoms with E-state index in [1.807, 2.05) is 56.9 Å². The van der Waals surface area contributed by atoms with Gasteiger partial charge in [0.25, 0.3) is 0 Å². The zero-order valence-electron chi connectivity index (χ0n) is 34.2. The third-order valence-corrected chi connectivity index (χ3v) is 12.7. The second-order valence-corrected chi connectivity index (χ2v) is 17.1. The van der Waals surface area contributed by atoms with Crippen LogP contribution in [0, 0.1) is 17.8 Å². The number of amides is 4. The topological polar surface area (TPSA) is 175 Å². The van der Waals surface area contributed by atoms with Crippen molar-refractivity contribution in [2.45, 2.75) is 90.0 Å². The third-order valence-electron chi connectivity index (χ3n) is 12.4. The summed E-state index contributed by atoms with van der Waals surface area (Å²) in [5, 5.41) is 8.03. The van der Waals surface area contributed by atoms with Gasteiger partial charge in [-0.25, -0.2) is 19.6 Å². The molecule has 1 aliphatic carbocycles. The Bertz CT molecular complexity index is 2430. The second kappa shape index (κ2) is 16.2. The predicted octanol–water partition coefficient (Wildman–Crippen LogP) is 7.90. The first-order valence-electron chi connectivity index (χ1n) is 20.5. The fourth-order valence-electron chi connectivity index (χ4n) is 9.41. The normalized spacial score (nSPS) is 21.1. The molecule has 14 nitrogen and oxygen atoms in total. The molecule has 3 aromatic carbocycles. The average molecular weight is 823 g/mol. The van der Waals surface area contributed by atoms with E-state index in [2.05, 4.69) is 49.9 Å². The van der Waals surface area contributed by atoms with Gasteiger partial charge >= 0.3 is 12.2 Å². The number of aromatic nitrogens is 4. The second-order valence-electron chi connectivity index (χ2n) is 16.7. The lowest BCUT2D eigenvalue weighted by atomic mass is 9.95. The number of hydrogen-bond donors (Lipinski definition) is 4. The van der Waals surface area contributed by atoms with Crippen LogP contribution in [0.4, 0.5) is 9.59 Å². The number of carbonyl (C=O) groups excluding carboxylic acids is 4. The first-order chi connectivity index (χ1) is 28.4. The van der Waals surface area contributed by atoms with E-state index in [1.165, 1.54) is 14.2 Å². The molecular formula is C44H51ClN8O6. The molecule has 4 heterocycles. The van der Waals surface area contributed by atoms with Crippen LogP contribution in [0.5, 0.6) is 0 Å². The summed E-state index contributed by atoms with van der Waals surface area (Å²) in [6.45, 7) is 8.20. The summed E-state index contributed by atoms with van der Waals surface area (Å²) < 4.78 is 9.61. The van der Waals surface area contributed by atoms with Crippen LogP contribution >= 0.6 is 11.6 Å². The maximum atomic E-state index is 14.1. The predicted molar refractivity (Wildman–Crippen MR) is 224 cm³/mol. The van der Waals surface area contributed by atoms with E-state index in [0.717, 1.165) is 82.1 Å². The third kappa shape index (κ3) is 7.47. The van der Waals surface area contributed by atoms with Crippen molar-refractivity contribution in [2.24, 2.45) is 17.8 Å². The van der Waals surface area contributed by atoms with Crippen molar-refractivity contribution in [3.63, 3.8) is 0 Å². The van der Waals surface area contributed by atoms with Gasteiger partial charge in [0, 0.05) is 23.5 Å². The Morgan fingerprint density at radius 2 is 1.53 bits per heavy atom. The number of fused-ring (bicyclic) bond motifs is 5. The minimum absolute atomic E-state index is 0.103. The SMILES string of the molecule is COC(=O)N[C@H](C(=O)N1CCC[C@H]1c1ncc(-c2ccc(-c3ccc4c(ccc5[nH]c([C@@H]6[C@H]7CCC(C7)N6C(=O)[C@@H](NC(=O)OC)C(C)C)nc54)c3)cc2Cl)[nH]1)C(C)C. The van der Waals surface area contributed by atoms with Gasteiger partial charge in [-0.05, 0) is 84.6 Å². The Balaban J connectivity index is 1.02. The van der Waals surface area contributed by atoms with E-state index in [0.29, 0.717) is 17.4 Å². The number of piperidine rings is 1. The largest absolute Gasteiger partial charge is 0.453 e. The Morgan fingerprint density at radius 3 is 2.22 bits per heavy atom. The number of H-pyrrole nitrogens is 2. The fraction of sp³-hybridized carbons (Fsp3) is 0.455. The monoisotopic (exact) mass is 822 g/mol. The summed E-state index contributed by atoms with van der Waals surface area (Å²) in [5.74, 6) is 1.22. The minimum atomic E-state index is -0.713. The number of nitrogens with one attached hydrogen (secondary N) is 4. The van der Waals surface area contributed by atoms with E-state index in [4.69, 9.17) is 26.1 Å². The number of methoxy groups -OCH3 is 2. The number of nitrogens with zero attached hydrogens (tertiary/aromatic N) is 4. The van der Waals surface area contributed by atoms with E-state index in [-0.39, 0.29) is 47.7 Å². The molecule has 3 fully saturated rings. The lowest BCUT2D eigenvalue weighted by molar-refractivity contribution is -0.139. The highest BCUT2D eigenvalue weighted by atomic mass is 35.5. The van der Waals surface area contributed by atoms with Gasteiger partial charge in [0.05, 0.1) is 54.3 Å². The van der Waals surface area contributed by atoms with E-state index in [9.17, 15) is 19.2 Å². The number of hydrogen-bond acceptors (Lipinski definition) is 8. The summed E-state index contributed by atoms with van der Waals surface area (Å²) in [4.78, 5) is 72.4. The zero-order chi connectivity index (χ0) is 41.7. The molecule has 6 atom stereocenters. The summed E-state index contributed by atoms with van der Waals surface area (Å²) in [6, 6.07) is 14.6. The number of halogens is 1. The van der Waals surface area contributed by atoms with Crippen molar-refractivity contribution in [1.82, 2.24) is 40.4 Å². The highest BCUT2D eigenvalue weighted by Crippen LogP contribution is 2.50. The van der Waals surface area contributed by atoms with Crippen molar-refractivity contribution in [2.75, 3.05) is 20.8 Å². The lowest BCUT2D eigenvalue weighted by Crippen LogP contribution is -2.54. The standard InChI is InChI=1S/C44H51ClN8O6/c1-22(2)35(50-43(56)58-5)41(54)52-17-7-8-34(52)39-46-21-33(48-39)30-15-11-25(20-31(30)45)24-10-14-29-26(18-24)12-16-32-37(29)49-40(47-32)38-27-9-13-28(19-27)53(38)42(55)36(23(3)4)51-44(57)59-6/h10-12,14-16,18,20-23,27-28,34-36,38H,7-9,13,17,19H2,1-6H3,(H,46,48)(H,47,49)(H,50,56)(H,51,57)/t27-,28?,34-,35-,36-,38-/m0/s1. The van der Waals surface area contributed by atoms with Gasteiger partial charge in [-0.3, -0.25) is 9.59 Å².